The summed E-state index contributed by atoms with van der Waals surface area (Å²) in [5.41, 5.74) is 1.55. The van der Waals surface area contributed by atoms with Crippen molar-refractivity contribution in [2.45, 2.75) is 13.5 Å². The average Bonchev–Trinajstić information content (AvgIpc) is 2.78. The molecule has 0 aliphatic heterocycles. The number of rotatable bonds is 8. The zero-order valence-corrected chi connectivity index (χ0v) is 20.9. The lowest BCUT2D eigenvalue weighted by molar-refractivity contribution is -0.112. The topological polar surface area (TPSA) is 71.3 Å². The lowest BCUT2D eigenvalue weighted by atomic mass is 10.1. The zero-order chi connectivity index (χ0) is 24.7. The van der Waals surface area contributed by atoms with E-state index in [1.54, 1.807) is 54.6 Å². The first kappa shape index (κ1) is 25.7. The van der Waals surface area contributed by atoms with E-state index in [-0.39, 0.29) is 17.2 Å². The molecule has 0 aliphatic carbocycles. The number of amides is 1. The Kier molecular flexibility index (Phi) is 9.09. The number of hydrogen-bond acceptors (Lipinski definition) is 4. The number of carbonyl (C=O) groups is 1. The van der Waals surface area contributed by atoms with Crippen molar-refractivity contribution in [3.05, 3.63) is 91.4 Å². The summed E-state index contributed by atoms with van der Waals surface area (Å²) in [4.78, 5) is 12.6. The lowest BCUT2D eigenvalue weighted by Gasteiger charge is -2.15. The Balaban J connectivity index is 1.86. The van der Waals surface area contributed by atoms with Crippen molar-refractivity contribution in [2.24, 2.45) is 0 Å². The predicted octanol–water partition coefficient (Wildman–Crippen LogP) is 7.82. The number of anilines is 1. The van der Waals surface area contributed by atoms with Crippen LogP contribution in [-0.2, 0) is 11.4 Å². The highest BCUT2D eigenvalue weighted by molar-refractivity contribution is 6.35. The highest BCUT2D eigenvalue weighted by Crippen LogP contribution is 2.38. The second kappa shape index (κ2) is 12.0. The molecule has 0 bridgehead atoms. The number of halogens is 4. The van der Waals surface area contributed by atoms with Crippen molar-refractivity contribution < 1.29 is 14.3 Å². The first-order valence-electron chi connectivity index (χ1n) is 10.0. The molecular formula is C25H18Cl4N2O3. The van der Waals surface area contributed by atoms with Crippen LogP contribution in [0.2, 0.25) is 20.1 Å². The fourth-order valence-corrected chi connectivity index (χ4v) is 3.87. The Morgan fingerprint density at radius 2 is 1.76 bits per heavy atom. The van der Waals surface area contributed by atoms with Crippen LogP contribution in [0.15, 0.2) is 60.2 Å². The van der Waals surface area contributed by atoms with Crippen LogP contribution in [0.3, 0.4) is 0 Å². The molecule has 0 fully saturated rings. The van der Waals surface area contributed by atoms with Crippen LogP contribution in [0.4, 0.5) is 5.69 Å². The van der Waals surface area contributed by atoms with Crippen LogP contribution < -0.4 is 14.8 Å². The van der Waals surface area contributed by atoms with Gasteiger partial charge in [-0.25, -0.2) is 0 Å². The minimum absolute atomic E-state index is 0.125. The summed E-state index contributed by atoms with van der Waals surface area (Å²) in [6.07, 6.45) is 1.41. The molecule has 3 aromatic carbocycles. The van der Waals surface area contributed by atoms with Gasteiger partial charge in [0.25, 0.3) is 5.91 Å². The summed E-state index contributed by atoms with van der Waals surface area (Å²) in [6.45, 7) is 2.30. The lowest BCUT2D eigenvalue weighted by Crippen LogP contribution is -2.13. The number of benzene rings is 3. The summed E-state index contributed by atoms with van der Waals surface area (Å²) >= 11 is 24.6. The maximum Gasteiger partial charge on any atom is 0.266 e. The molecule has 1 amide bonds. The maximum absolute atomic E-state index is 12.6. The molecule has 0 aliphatic rings. The number of carbonyl (C=O) groups excluding carboxylic acids is 1. The van der Waals surface area contributed by atoms with Gasteiger partial charge in [0.15, 0.2) is 11.5 Å². The van der Waals surface area contributed by atoms with E-state index in [9.17, 15) is 10.1 Å². The molecule has 5 nitrogen and oxygen atoms in total. The van der Waals surface area contributed by atoms with Crippen molar-refractivity contribution in [1.29, 1.82) is 5.26 Å². The fraction of sp³-hybridized carbons (Fsp3) is 0.120. The molecule has 1 N–H and O–H groups in total. The third-order valence-corrected chi connectivity index (χ3v) is 5.58. The molecule has 0 unspecified atom stereocenters. The smallest absolute Gasteiger partial charge is 0.266 e. The fourth-order valence-electron chi connectivity index (χ4n) is 2.94. The average molecular weight is 536 g/mol. The summed E-state index contributed by atoms with van der Waals surface area (Å²) < 4.78 is 11.6. The van der Waals surface area contributed by atoms with Crippen molar-refractivity contribution in [3.8, 4) is 17.6 Å². The molecule has 0 spiro atoms. The van der Waals surface area contributed by atoms with E-state index >= 15 is 0 Å². The summed E-state index contributed by atoms with van der Waals surface area (Å²) in [5, 5.41) is 13.9. The Labute approximate surface area is 217 Å². The summed E-state index contributed by atoms with van der Waals surface area (Å²) in [7, 11) is 0. The van der Waals surface area contributed by atoms with Gasteiger partial charge in [0.1, 0.15) is 18.2 Å². The van der Waals surface area contributed by atoms with Crippen LogP contribution >= 0.6 is 46.4 Å². The molecule has 3 aromatic rings. The van der Waals surface area contributed by atoms with Crippen molar-refractivity contribution in [1.82, 2.24) is 0 Å². The molecule has 34 heavy (non-hydrogen) atoms. The van der Waals surface area contributed by atoms with E-state index < -0.39 is 5.91 Å². The van der Waals surface area contributed by atoms with Crippen LogP contribution in [0.5, 0.6) is 11.5 Å². The monoisotopic (exact) mass is 534 g/mol. The van der Waals surface area contributed by atoms with Gasteiger partial charge in [-0.1, -0.05) is 58.5 Å². The second-order valence-electron chi connectivity index (χ2n) is 6.92. The number of hydrogen-bond donors (Lipinski definition) is 1. The maximum atomic E-state index is 12.6. The Morgan fingerprint density at radius 3 is 2.44 bits per heavy atom. The minimum atomic E-state index is -0.587. The first-order valence-corrected chi connectivity index (χ1v) is 11.5. The van der Waals surface area contributed by atoms with Gasteiger partial charge < -0.3 is 14.8 Å². The standard InChI is InChI=1S/C25H18Cl4N2O3/c1-2-33-23-10-15(8-17(13-30)25(32)31-20-5-3-4-18(26)11-20)9-22(29)24(23)34-14-16-6-7-19(27)12-21(16)28/h3-12H,2,14H2,1H3,(H,31,32)/b17-8+. The van der Waals surface area contributed by atoms with E-state index in [0.29, 0.717) is 44.4 Å². The van der Waals surface area contributed by atoms with Crippen molar-refractivity contribution >= 4 is 64.1 Å². The van der Waals surface area contributed by atoms with Gasteiger partial charge in [-0.2, -0.15) is 5.26 Å². The quantitative estimate of drug-likeness (QED) is 0.235. The molecule has 0 radical (unpaired) electrons. The molecule has 9 heteroatoms. The number of ether oxygens (including phenoxy) is 2. The molecule has 0 saturated carbocycles. The molecular weight excluding hydrogens is 518 g/mol. The SMILES string of the molecule is CCOc1cc(/C=C(\C#N)C(=O)Nc2cccc(Cl)c2)cc(Cl)c1OCc1ccc(Cl)cc1Cl. The van der Waals surface area contributed by atoms with Gasteiger partial charge in [-0.3, -0.25) is 4.79 Å². The van der Waals surface area contributed by atoms with Crippen LogP contribution in [0.25, 0.3) is 6.08 Å². The van der Waals surface area contributed by atoms with E-state index in [4.69, 9.17) is 55.9 Å². The highest BCUT2D eigenvalue weighted by atomic mass is 35.5. The third-order valence-electron chi connectivity index (χ3n) is 4.48. The van der Waals surface area contributed by atoms with Crippen molar-refractivity contribution in [2.75, 3.05) is 11.9 Å². The Morgan fingerprint density at radius 1 is 1.00 bits per heavy atom. The molecule has 0 heterocycles. The molecule has 3 rings (SSSR count). The van der Waals surface area contributed by atoms with Gasteiger partial charge in [0.05, 0.1) is 11.6 Å². The normalized spacial score (nSPS) is 11.0. The van der Waals surface area contributed by atoms with Crippen LogP contribution in [0.1, 0.15) is 18.1 Å². The van der Waals surface area contributed by atoms with Crippen LogP contribution in [0, 0.1) is 11.3 Å². The van der Waals surface area contributed by atoms with E-state index in [1.807, 2.05) is 13.0 Å². The first-order chi connectivity index (χ1) is 16.3. The third kappa shape index (κ3) is 6.82. The Hall–Kier alpha value is -2.88. The van der Waals surface area contributed by atoms with E-state index in [1.165, 1.54) is 6.08 Å². The number of nitrogens with zero attached hydrogens (tertiary/aromatic N) is 1. The van der Waals surface area contributed by atoms with Gasteiger partial charge in [-0.15, -0.1) is 0 Å². The predicted molar refractivity (Wildman–Crippen MR) is 137 cm³/mol. The van der Waals surface area contributed by atoms with Crippen LogP contribution in [-0.4, -0.2) is 12.5 Å². The molecule has 0 atom stereocenters. The second-order valence-corrected chi connectivity index (χ2v) is 8.61. The van der Waals surface area contributed by atoms with Gasteiger partial charge in [0.2, 0.25) is 0 Å². The number of nitriles is 1. The van der Waals surface area contributed by atoms with Gasteiger partial charge in [0, 0.05) is 26.3 Å². The van der Waals surface area contributed by atoms with Crippen molar-refractivity contribution in [3.63, 3.8) is 0 Å². The number of nitrogens with one attached hydrogen (secondary N) is 1. The zero-order valence-electron chi connectivity index (χ0n) is 17.9. The Bertz CT molecular complexity index is 1290. The molecule has 0 saturated heterocycles. The largest absolute Gasteiger partial charge is 0.490 e. The molecule has 174 valence electrons. The van der Waals surface area contributed by atoms with Gasteiger partial charge in [-0.05, 0) is 61.0 Å². The van der Waals surface area contributed by atoms with Gasteiger partial charge >= 0.3 is 0 Å². The van der Waals surface area contributed by atoms with E-state index in [0.717, 1.165) is 5.56 Å². The van der Waals surface area contributed by atoms with E-state index in [2.05, 4.69) is 5.32 Å². The highest BCUT2D eigenvalue weighted by Gasteiger charge is 2.16. The summed E-state index contributed by atoms with van der Waals surface area (Å²) in [6, 6.07) is 16.8. The molecule has 0 aromatic heterocycles. The summed E-state index contributed by atoms with van der Waals surface area (Å²) in [5.74, 6) is 0.0870. The minimum Gasteiger partial charge on any atom is -0.490 e.